The molecule has 1 atom stereocenters. The van der Waals surface area contributed by atoms with E-state index in [-0.39, 0.29) is 6.42 Å². The lowest BCUT2D eigenvalue weighted by Crippen LogP contribution is -2.48. The van der Waals surface area contributed by atoms with Crippen LogP contribution in [0.2, 0.25) is 0 Å². The third-order valence-electron chi connectivity index (χ3n) is 5.98. The Labute approximate surface area is 189 Å². The highest BCUT2D eigenvalue weighted by atomic mass is 32.1. The molecule has 0 fully saturated rings. The molecule has 0 unspecified atom stereocenters. The summed E-state index contributed by atoms with van der Waals surface area (Å²) in [5, 5.41) is 13.0. The lowest BCUT2D eigenvalue weighted by atomic mass is 10.0. The number of carbonyl (C=O) groups excluding carboxylic acids is 3. The van der Waals surface area contributed by atoms with Crippen molar-refractivity contribution in [2.45, 2.75) is 31.7 Å². The van der Waals surface area contributed by atoms with Crippen molar-refractivity contribution >= 4 is 34.1 Å². The van der Waals surface area contributed by atoms with Gasteiger partial charge in [-0.3, -0.25) is 19.3 Å². The molecule has 0 bridgehead atoms. The van der Waals surface area contributed by atoms with Gasteiger partial charge in [-0.1, -0.05) is 42.5 Å². The number of hydrogen-bond acceptors (Lipinski definition) is 5. The Hall–Kier alpha value is -3.76. The predicted molar refractivity (Wildman–Crippen MR) is 121 cm³/mol. The van der Waals surface area contributed by atoms with E-state index in [2.05, 4.69) is 11.4 Å². The summed E-state index contributed by atoms with van der Waals surface area (Å²) in [5.41, 5.74) is 2.94. The smallest absolute Gasteiger partial charge is 0.262 e. The summed E-state index contributed by atoms with van der Waals surface area (Å²) in [6.45, 7) is 0. The average molecular weight is 442 g/mol. The number of nitrogens with one attached hydrogen (secondary N) is 1. The van der Waals surface area contributed by atoms with Gasteiger partial charge in [-0.2, -0.15) is 5.26 Å². The third-order valence-corrected chi connectivity index (χ3v) is 7.19. The Bertz CT molecular complexity index is 1250. The van der Waals surface area contributed by atoms with E-state index in [9.17, 15) is 19.6 Å². The molecule has 5 rings (SSSR count). The number of aryl methyl sites for hydroxylation is 1. The Balaban J connectivity index is 1.50. The number of imide groups is 1. The Morgan fingerprint density at radius 1 is 1.03 bits per heavy atom. The minimum absolute atomic E-state index is 0.186. The van der Waals surface area contributed by atoms with Crippen LogP contribution in [0, 0.1) is 11.3 Å². The Morgan fingerprint density at radius 3 is 2.34 bits per heavy atom. The fourth-order valence-corrected chi connectivity index (χ4v) is 5.68. The van der Waals surface area contributed by atoms with E-state index in [0.717, 1.165) is 40.2 Å². The fourth-order valence-electron chi connectivity index (χ4n) is 4.44. The molecule has 2 heterocycles. The van der Waals surface area contributed by atoms with Crippen LogP contribution in [-0.4, -0.2) is 28.7 Å². The summed E-state index contributed by atoms with van der Waals surface area (Å²) < 4.78 is 0. The van der Waals surface area contributed by atoms with E-state index in [1.807, 2.05) is 30.3 Å². The first-order chi connectivity index (χ1) is 15.6. The van der Waals surface area contributed by atoms with Crippen LogP contribution >= 0.6 is 11.3 Å². The average Bonchev–Trinajstić information content (AvgIpc) is 3.46. The van der Waals surface area contributed by atoms with Gasteiger partial charge in [-0.05, 0) is 42.5 Å². The number of anilines is 1. The molecule has 0 radical (unpaired) electrons. The number of carbonyl (C=O) groups is 3. The number of benzene rings is 2. The predicted octanol–water partition coefficient (Wildman–Crippen LogP) is 3.95. The first-order valence-corrected chi connectivity index (χ1v) is 11.3. The zero-order valence-corrected chi connectivity index (χ0v) is 17.9. The molecule has 7 heteroatoms. The summed E-state index contributed by atoms with van der Waals surface area (Å²) in [6, 6.07) is 17.1. The molecule has 2 aliphatic rings. The first-order valence-electron chi connectivity index (χ1n) is 10.4. The zero-order valence-electron chi connectivity index (χ0n) is 17.1. The molecule has 1 N–H and O–H groups in total. The van der Waals surface area contributed by atoms with Crippen LogP contribution in [0.1, 0.15) is 48.7 Å². The lowest BCUT2D eigenvalue weighted by molar-refractivity contribution is -0.119. The van der Waals surface area contributed by atoms with Crippen LogP contribution in [0.5, 0.6) is 0 Å². The highest BCUT2D eigenvalue weighted by molar-refractivity contribution is 7.16. The van der Waals surface area contributed by atoms with Gasteiger partial charge in [0.1, 0.15) is 17.1 Å². The Morgan fingerprint density at radius 2 is 1.69 bits per heavy atom. The molecule has 0 spiro atoms. The molecule has 158 valence electrons. The van der Waals surface area contributed by atoms with Gasteiger partial charge in [0.05, 0.1) is 16.7 Å². The fraction of sp³-hybridized carbons (Fsp3) is 0.200. The minimum atomic E-state index is -1.03. The van der Waals surface area contributed by atoms with Crippen molar-refractivity contribution in [1.29, 1.82) is 5.26 Å². The van der Waals surface area contributed by atoms with Crippen LogP contribution in [0.3, 0.4) is 0 Å². The summed E-state index contributed by atoms with van der Waals surface area (Å²) >= 11 is 1.41. The second kappa shape index (κ2) is 8.06. The van der Waals surface area contributed by atoms with Crippen LogP contribution in [0.25, 0.3) is 0 Å². The van der Waals surface area contributed by atoms with Crippen LogP contribution < -0.4 is 5.32 Å². The maximum atomic E-state index is 13.5. The second-order valence-electron chi connectivity index (χ2n) is 7.89. The zero-order chi connectivity index (χ0) is 22.2. The molecular formula is C25H19N3O3S. The van der Waals surface area contributed by atoms with Gasteiger partial charge in [0, 0.05) is 11.3 Å². The van der Waals surface area contributed by atoms with Gasteiger partial charge in [-0.15, -0.1) is 11.3 Å². The van der Waals surface area contributed by atoms with Crippen molar-refractivity contribution in [2.24, 2.45) is 0 Å². The van der Waals surface area contributed by atoms with E-state index in [4.69, 9.17) is 0 Å². The van der Waals surface area contributed by atoms with Crippen molar-refractivity contribution in [3.63, 3.8) is 0 Å². The van der Waals surface area contributed by atoms with Crippen molar-refractivity contribution in [1.82, 2.24) is 4.90 Å². The molecule has 1 aliphatic heterocycles. The van der Waals surface area contributed by atoms with E-state index < -0.39 is 23.8 Å². The Kier molecular flexibility index (Phi) is 5.08. The maximum absolute atomic E-state index is 13.5. The molecule has 1 aliphatic carbocycles. The number of amides is 3. The first kappa shape index (κ1) is 20.2. The van der Waals surface area contributed by atoms with Crippen molar-refractivity contribution in [2.75, 3.05) is 5.32 Å². The van der Waals surface area contributed by atoms with E-state index in [0.29, 0.717) is 21.7 Å². The third kappa shape index (κ3) is 3.29. The number of hydrogen-bond donors (Lipinski definition) is 1. The number of fused-ring (bicyclic) bond motifs is 2. The topological polar surface area (TPSA) is 90.3 Å². The van der Waals surface area contributed by atoms with Crippen molar-refractivity contribution in [3.8, 4) is 6.07 Å². The quantitative estimate of drug-likeness (QED) is 0.607. The standard InChI is InChI=1S/C25H19N3O3S/c26-14-19-16-11-6-12-21(16)32-23(19)27-22(29)20(13-15-7-2-1-3-8-15)28-24(30)17-9-4-5-10-18(17)25(28)31/h1-5,7-10,20H,6,11-13H2,(H,27,29)/t20-/m1/s1. The van der Waals surface area contributed by atoms with Crippen molar-refractivity contribution in [3.05, 3.63) is 87.3 Å². The van der Waals surface area contributed by atoms with Crippen LogP contribution in [0.15, 0.2) is 54.6 Å². The summed E-state index contributed by atoms with van der Waals surface area (Å²) in [5.74, 6) is -1.42. The minimum Gasteiger partial charge on any atom is -0.315 e. The van der Waals surface area contributed by atoms with Crippen molar-refractivity contribution < 1.29 is 14.4 Å². The van der Waals surface area contributed by atoms with Gasteiger partial charge in [-0.25, -0.2) is 0 Å². The number of rotatable bonds is 5. The van der Waals surface area contributed by atoms with Gasteiger partial charge in [0.15, 0.2) is 0 Å². The van der Waals surface area contributed by atoms with Crippen LogP contribution in [0.4, 0.5) is 5.00 Å². The number of thiophene rings is 1. The van der Waals surface area contributed by atoms with Gasteiger partial charge >= 0.3 is 0 Å². The maximum Gasteiger partial charge on any atom is 0.262 e. The van der Waals surface area contributed by atoms with Gasteiger partial charge in [0.2, 0.25) is 5.91 Å². The molecular weight excluding hydrogens is 422 g/mol. The van der Waals surface area contributed by atoms with E-state index >= 15 is 0 Å². The monoisotopic (exact) mass is 441 g/mol. The lowest BCUT2D eigenvalue weighted by Gasteiger charge is -2.25. The largest absolute Gasteiger partial charge is 0.315 e. The molecule has 1 aromatic heterocycles. The molecule has 3 aromatic rings. The highest BCUT2D eigenvalue weighted by Gasteiger charge is 2.43. The van der Waals surface area contributed by atoms with Gasteiger partial charge in [0.25, 0.3) is 11.8 Å². The molecule has 6 nitrogen and oxygen atoms in total. The van der Waals surface area contributed by atoms with Crippen LogP contribution in [-0.2, 0) is 24.1 Å². The summed E-state index contributed by atoms with van der Waals surface area (Å²) in [6.07, 6.45) is 2.92. The number of nitriles is 1. The van der Waals surface area contributed by atoms with E-state index in [1.165, 1.54) is 11.3 Å². The van der Waals surface area contributed by atoms with Gasteiger partial charge < -0.3 is 5.32 Å². The highest BCUT2D eigenvalue weighted by Crippen LogP contribution is 2.39. The normalized spacial score (nSPS) is 15.3. The summed E-state index contributed by atoms with van der Waals surface area (Å²) in [7, 11) is 0. The number of nitrogens with zero attached hydrogens (tertiary/aromatic N) is 2. The molecule has 3 amide bonds. The second-order valence-corrected chi connectivity index (χ2v) is 9.00. The molecule has 32 heavy (non-hydrogen) atoms. The SMILES string of the molecule is N#Cc1c(NC(=O)[C@@H](Cc2ccccc2)N2C(=O)c3ccccc3C2=O)sc2c1CCC2. The molecule has 0 saturated heterocycles. The molecule has 0 saturated carbocycles. The van der Waals surface area contributed by atoms with E-state index in [1.54, 1.807) is 24.3 Å². The molecule has 2 aromatic carbocycles. The summed E-state index contributed by atoms with van der Waals surface area (Å²) in [4.78, 5) is 41.9.